The Morgan fingerprint density at radius 1 is 1.00 bits per heavy atom. The van der Waals surface area contributed by atoms with Crippen LogP contribution in [0.2, 0.25) is 0 Å². The third kappa shape index (κ3) is 3.22. The van der Waals surface area contributed by atoms with Crippen LogP contribution in [0.25, 0.3) is 0 Å². The van der Waals surface area contributed by atoms with Gasteiger partial charge in [-0.15, -0.1) is 0 Å². The van der Waals surface area contributed by atoms with E-state index in [-0.39, 0.29) is 17.7 Å². The van der Waals surface area contributed by atoms with Gasteiger partial charge in [-0.2, -0.15) is 5.10 Å². The molecular formula is C19H26N4O2. The molecule has 1 aromatic heterocycles. The van der Waals surface area contributed by atoms with Gasteiger partial charge in [0.15, 0.2) is 0 Å². The highest BCUT2D eigenvalue weighted by Gasteiger charge is 2.30. The van der Waals surface area contributed by atoms with Crippen LogP contribution in [-0.4, -0.2) is 57.6 Å². The van der Waals surface area contributed by atoms with E-state index in [0.717, 1.165) is 56.3 Å². The van der Waals surface area contributed by atoms with Crippen LogP contribution in [-0.2, 0) is 17.8 Å². The molecule has 0 bridgehead atoms. The second-order valence-corrected chi connectivity index (χ2v) is 7.28. The second kappa shape index (κ2) is 7.02. The van der Waals surface area contributed by atoms with Crippen molar-refractivity contribution in [2.24, 2.45) is 5.92 Å². The number of hydrogen-bond acceptors (Lipinski definition) is 3. The van der Waals surface area contributed by atoms with E-state index in [2.05, 4.69) is 17.3 Å². The summed E-state index contributed by atoms with van der Waals surface area (Å²) in [6, 6.07) is 0. The maximum atomic E-state index is 12.9. The Balaban J connectivity index is 1.37. The first-order valence-corrected chi connectivity index (χ1v) is 9.52. The molecule has 0 aromatic carbocycles. The number of hydrogen-bond donors (Lipinski definition) is 0. The lowest BCUT2D eigenvalue weighted by Gasteiger charge is -2.36. The summed E-state index contributed by atoms with van der Waals surface area (Å²) in [5.74, 6) is 0.477. The molecule has 3 heterocycles. The summed E-state index contributed by atoms with van der Waals surface area (Å²) in [6.45, 7) is 3.46. The third-order valence-electron chi connectivity index (χ3n) is 5.71. The number of amides is 2. The summed E-state index contributed by atoms with van der Waals surface area (Å²) in [4.78, 5) is 29.3. The summed E-state index contributed by atoms with van der Waals surface area (Å²) in [5, 5.41) is 4.38. The van der Waals surface area contributed by atoms with E-state index in [1.54, 1.807) is 6.20 Å². The Hall–Kier alpha value is -2.11. The monoisotopic (exact) mass is 342 g/mol. The van der Waals surface area contributed by atoms with Crippen molar-refractivity contribution in [1.82, 2.24) is 19.6 Å². The Bertz CT molecular complexity index is 686. The van der Waals surface area contributed by atoms with Crippen molar-refractivity contribution in [3.05, 3.63) is 29.6 Å². The Morgan fingerprint density at radius 3 is 2.56 bits per heavy atom. The lowest BCUT2D eigenvalue weighted by atomic mass is 9.93. The van der Waals surface area contributed by atoms with Crippen LogP contribution in [0.4, 0.5) is 0 Å². The first kappa shape index (κ1) is 16.4. The van der Waals surface area contributed by atoms with Gasteiger partial charge in [-0.25, -0.2) is 0 Å². The Morgan fingerprint density at radius 2 is 1.80 bits per heavy atom. The van der Waals surface area contributed by atoms with Crippen LogP contribution in [0.15, 0.2) is 18.3 Å². The first-order chi connectivity index (χ1) is 12.2. The molecular weight excluding hydrogens is 316 g/mol. The van der Waals surface area contributed by atoms with Gasteiger partial charge in [0, 0.05) is 38.6 Å². The smallest absolute Gasteiger partial charge is 0.257 e. The van der Waals surface area contributed by atoms with Crippen LogP contribution in [0.5, 0.6) is 0 Å². The Labute approximate surface area is 148 Å². The van der Waals surface area contributed by atoms with Gasteiger partial charge in [-0.3, -0.25) is 14.3 Å². The molecule has 0 N–H and O–H groups in total. The van der Waals surface area contributed by atoms with Gasteiger partial charge in [0.2, 0.25) is 5.91 Å². The lowest BCUT2D eigenvalue weighted by molar-refractivity contribution is -0.137. The molecule has 0 radical (unpaired) electrons. The number of aryl methyl sites for hydroxylation is 1. The van der Waals surface area contributed by atoms with Gasteiger partial charge in [0.25, 0.3) is 5.91 Å². The highest BCUT2D eigenvalue weighted by atomic mass is 16.2. The average molecular weight is 342 g/mol. The number of fused-ring (bicyclic) bond motifs is 1. The molecule has 0 spiro atoms. The normalized spacial score (nSPS) is 23.4. The van der Waals surface area contributed by atoms with Gasteiger partial charge in [0.05, 0.1) is 17.5 Å². The fourth-order valence-corrected chi connectivity index (χ4v) is 4.18. The molecule has 134 valence electrons. The Kier molecular flexibility index (Phi) is 4.59. The number of aromatic nitrogens is 2. The molecule has 25 heavy (non-hydrogen) atoms. The van der Waals surface area contributed by atoms with Gasteiger partial charge < -0.3 is 9.80 Å². The fraction of sp³-hybridized carbons (Fsp3) is 0.632. The van der Waals surface area contributed by atoms with Gasteiger partial charge in [-0.1, -0.05) is 12.2 Å². The summed E-state index contributed by atoms with van der Waals surface area (Å²) in [7, 11) is 0. The summed E-state index contributed by atoms with van der Waals surface area (Å²) in [6.07, 6.45) is 12.0. The van der Waals surface area contributed by atoms with Crippen molar-refractivity contribution >= 4 is 11.8 Å². The zero-order valence-corrected chi connectivity index (χ0v) is 14.7. The molecule has 2 amide bonds. The van der Waals surface area contributed by atoms with E-state index in [1.165, 1.54) is 0 Å². The van der Waals surface area contributed by atoms with Gasteiger partial charge in [-0.05, 0) is 38.5 Å². The molecule has 1 saturated heterocycles. The number of piperazine rings is 1. The molecule has 2 aliphatic heterocycles. The molecule has 6 heteroatoms. The molecule has 1 aromatic rings. The molecule has 4 rings (SSSR count). The summed E-state index contributed by atoms with van der Waals surface area (Å²) >= 11 is 0. The van der Waals surface area contributed by atoms with Crippen LogP contribution in [0.1, 0.15) is 48.2 Å². The molecule has 6 nitrogen and oxygen atoms in total. The second-order valence-electron chi connectivity index (χ2n) is 7.28. The molecule has 0 unspecified atom stereocenters. The summed E-state index contributed by atoms with van der Waals surface area (Å²) < 4.78 is 1.98. The van der Waals surface area contributed by atoms with Crippen molar-refractivity contribution in [3.8, 4) is 0 Å². The maximum absolute atomic E-state index is 12.9. The largest absolute Gasteiger partial charge is 0.339 e. The van der Waals surface area contributed by atoms with Crippen LogP contribution >= 0.6 is 0 Å². The van der Waals surface area contributed by atoms with Crippen LogP contribution in [0, 0.1) is 5.92 Å². The summed E-state index contributed by atoms with van der Waals surface area (Å²) in [5.41, 5.74) is 1.85. The minimum atomic E-state index is 0.0795. The van der Waals surface area contributed by atoms with E-state index in [9.17, 15) is 9.59 Å². The van der Waals surface area contributed by atoms with Crippen LogP contribution < -0.4 is 0 Å². The van der Waals surface area contributed by atoms with E-state index in [0.29, 0.717) is 26.2 Å². The minimum absolute atomic E-state index is 0.0795. The SMILES string of the molecule is O=C(c1cnn2c1CCCC2)N1CCN(C(=O)[C@@H]2CC=CCC2)CC1. The first-order valence-electron chi connectivity index (χ1n) is 9.52. The van der Waals surface area contributed by atoms with E-state index < -0.39 is 0 Å². The third-order valence-corrected chi connectivity index (χ3v) is 5.71. The minimum Gasteiger partial charge on any atom is -0.339 e. The molecule has 0 saturated carbocycles. The van der Waals surface area contributed by atoms with E-state index >= 15 is 0 Å². The molecule has 1 aliphatic carbocycles. The number of carbonyl (C=O) groups is 2. The quantitative estimate of drug-likeness (QED) is 0.771. The average Bonchev–Trinajstić information content (AvgIpc) is 3.12. The van der Waals surface area contributed by atoms with Gasteiger partial charge in [0.1, 0.15) is 0 Å². The number of allylic oxidation sites excluding steroid dienone is 2. The van der Waals surface area contributed by atoms with Crippen LogP contribution in [0.3, 0.4) is 0 Å². The van der Waals surface area contributed by atoms with Crippen molar-refractivity contribution in [1.29, 1.82) is 0 Å². The van der Waals surface area contributed by atoms with E-state index in [4.69, 9.17) is 0 Å². The topological polar surface area (TPSA) is 58.4 Å². The van der Waals surface area contributed by atoms with Crippen molar-refractivity contribution < 1.29 is 9.59 Å². The van der Waals surface area contributed by atoms with Crippen molar-refractivity contribution in [2.75, 3.05) is 26.2 Å². The fourth-order valence-electron chi connectivity index (χ4n) is 4.18. The molecule has 3 aliphatic rings. The zero-order valence-electron chi connectivity index (χ0n) is 14.7. The van der Waals surface area contributed by atoms with Gasteiger partial charge >= 0.3 is 0 Å². The van der Waals surface area contributed by atoms with Crippen molar-refractivity contribution in [2.45, 2.75) is 45.1 Å². The standard InChI is InChI=1S/C19H26N4O2/c24-18(15-6-2-1-3-7-15)21-10-12-22(13-11-21)19(25)16-14-20-23-9-5-4-8-17(16)23/h1-2,14-15H,3-13H2/t15-/m1/s1. The number of carbonyl (C=O) groups excluding carboxylic acids is 2. The maximum Gasteiger partial charge on any atom is 0.257 e. The number of rotatable bonds is 2. The predicted molar refractivity (Wildman–Crippen MR) is 94.1 cm³/mol. The highest BCUT2D eigenvalue weighted by Crippen LogP contribution is 2.23. The zero-order chi connectivity index (χ0) is 17.2. The van der Waals surface area contributed by atoms with E-state index in [1.807, 2.05) is 14.5 Å². The molecule has 1 fully saturated rings. The molecule has 1 atom stereocenters. The number of nitrogens with zero attached hydrogens (tertiary/aromatic N) is 4. The van der Waals surface area contributed by atoms with Crippen molar-refractivity contribution in [3.63, 3.8) is 0 Å². The highest BCUT2D eigenvalue weighted by molar-refractivity contribution is 5.95. The lowest BCUT2D eigenvalue weighted by Crippen LogP contribution is -2.52. The predicted octanol–water partition coefficient (Wildman–Crippen LogP) is 1.86.